The van der Waals surface area contributed by atoms with Crippen molar-refractivity contribution in [2.45, 2.75) is 129 Å². The summed E-state index contributed by atoms with van der Waals surface area (Å²) in [7, 11) is -2.23. The Morgan fingerprint density at radius 2 is 1.58 bits per heavy atom. The van der Waals surface area contributed by atoms with Gasteiger partial charge in [0.2, 0.25) is 0 Å². The van der Waals surface area contributed by atoms with Gasteiger partial charge in [-0.2, -0.15) is 0 Å². The molecule has 1 aromatic rings. The van der Waals surface area contributed by atoms with E-state index in [9.17, 15) is 9.59 Å². The van der Waals surface area contributed by atoms with Crippen LogP contribution in [-0.2, 0) is 14.9 Å². The quantitative estimate of drug-likeness (QED) is 0.245. The Morgan fingerprint density at radius 3 is 2.13 bits per heavy atom. The van der Waals surface area contributed by atoms with Crippen molar-refractivity contribution in [1.82, 2.24) is 4.90 Å². The number of carbonyl (C=O) groups is 2. The summed E-state index contributed by atoms with van der Waals surface area (Å²) in [6.07, 6.45) is 9.87. The fraction of sp³-hybridized carbons (Fsp3) is 0.636. The lowest BCUT2D eigenvalue weighted by Gasteiger charge is -2.47. The van der Waals surface area contributed by atoms with E-state index in [2.05, 4.69) is 85.7 Å². The van der Waals surface area contributed by atoms with Crippen LogP contribution in [0, 0.1) is 5.92 Å². The third-order valence-corrected chi connectivity index (χ3v) is 16.8. The number of hydrogen-bond donors (Lipinski definition) is 0. The molecule has 1 saturated carbocycles. The molecule has 1 fully saturated rings. The zero-order valence-corrected chi connectivity index (χ0v) is 26.3. The number of hydrogen-bond acceptors (Lipinski definition) is 3. The molecule has 1 amide bonds. The lowest BCUT2D eigenvalue weighted by molar-refractivity contribution is -0.116. The molecular formula is C33H51NO3Si. The molecule has 1 aliphatic carbocycles. The molecular weight excluding hydrogens is 486 g/mol. The molecule has 0 spiro atoms. The minimum Gasteiger partial charge on any atom is -0.446 e. The standard InChI is InChI=1S/C33H51NO3Si/c1-10-16-27-21-29(35)31(38(23(2)3,24(4)5)25(6)7)22-34(27)32(36)37-30-20-15-14-19-28(30)33(8,9)26-17-12-11-13-18-26/h10-13,16-18,22-25,27-28,30H,14-15,19-21H2,1-9H3/b16-10-/t27-,28-,30-/m1/s1. The van der Waals surface area contributed by atoms with Gasteiger partial charge in [-0.05, 0) is 59.0 Å². The number of nitrogens with zero attached hydrogens (tertiary/aromatic N) is 1. The lowest BCUT2D eigenvalue weighted by Crippen LogP contribution is -2.54. The van der Waals surface area contributed by atoms with Crippen molar-refractivity contribution in [3.63, 3.8) is 0 Å². The summed E-state index contributed by atoms with van der Waals surface area (Å²) in [5.41, 5.74) is 2.35. The Labute approximate surface area is 232 Å². The molecule has 0 unspecified atom stereocenters. The van der Waals surface area contributed by atoms with Crippen LogP contribution in [0.5, 0.6) is 0 Å². The SMILES string of the molecule is C/C=C\[C@@H]1CC(=O)C([Si](C(C)C)(C(C)C)C(C)C)=CN1C(=O)O[C@@H]1CCCC[C@H]1C(C)(C)c1ccccc1. The van der Waals surface area contributed by atoms with Crippen LogP contribution >= 0.6 is 0 Å². The molecule has 0 radical (unpaired) electrons. The van der Waals surface area contributed by atoms with E-state index in [1.165, 1.54) is 5.56 Å². The minimum atomic E-state index is -2.23. The van der Waals surface area contributed by atoms with Gasteiger partial charge in [0.1, 0.15) is 14.2 Å². The second-order valence-electron chi connectivity index (χ2n) is 13.0. The van der Waals surface area contributed by atoms with E-state index in [0.717, 1.165) is 30.9 Å². The van der Waals surface area contributed by atoms with Crippen molar-refractivity contribution in [2.24, 2.45) is 5.92 Å². The first-order chi connectivity index (χ1) is 17.9. The van der Waals surface area contributed by atoms with E-state index in [1.807, 2.05) is 25.3 Å². The summed E-state index contributed by atoms with van der Waals surface area (Å²) >= 11 is 0. The van der Waals surface area contributed by atoms with Crippen molar-refractivity contribution in [3.05, 3.63) is 59.4 Å². The molecule has 5 heteroatoms. The Bertz CT molecular complexity index is 1000. The van der Waals surface area contributed by atoms with Crippen LogP contribution in [0.15, 0.2) is 53.9 Å². The van der Waals surface area contributed by atoms with Gasteiger partial charge in [-0.15, -0.1) is 0 Å². The zero-order valence-electron chi connectivity index (χ0n) is 25.3. The normalized spacial score (nSPS) is 23.5. The van der Waals surface area contributed by atoms with E-state index >= 15 is 0 Å². The average Bonchev–Trinajstić information content (AvgIpc) is 2.86. The van der Waals surface area contributed by atoms with Gasteiger partial charge in [0.25, 0.3) is 0 Å². The predicted molar refractivity (Wildman–Crippen MR) is 161 cm³/mol. The van der Waals surface area contributed by atoms with Crippen molar-refractivity contribution >= 4 is 20.0 Å². The van der Waals surface area contributed by atoms with Crippen LogP contribution in [0.25, 0.3) is 0 Å². The van der Waals surface area contributed by atoms with Crippen molar-refractivity contribution in [1.29, 1.82) is 0 Å². The molecule has 3 rings (SSSR count). The number of ketones is 1. The summed E-state index contributed by atoms with van der Waals surface area (Å²) in [6, 6.07) is 10.3. The highest BCUT2D eigenvalue weighted by Crippen LogP contribution is 2.48. The first-order valence-electron chi connectivity index (χ1n) is 14.8. The van der Waals surface area contributed by atoms with Crippen LogP contribution in [0.1, 0.15) is 100.0 Å². The fourth-order valence-electron chi connectivity index (χ4n) is 7.90. The van der Waals surface area contributed by atoms with Crippen LogP contribution in [-0.4, -0.2) is 37.0 Å². The molecule has 1 heterocycles. The van der Waals surface area contributed by atoms with E-state index in [0.29, 0.717) is 23.0 Å². The molecule has 1 aromatic carbocycles. The van der Waals surface area contributed by atoms with Crippen LogP contribution < -0.4 is 0 Å². The smallest absolute Gasteiger partial charge is 0.414 e. The average molecular weight is 538 g/mol. The first kappa shape index (κ1) is 30.4. The van der Waals surface area contributed by atoms with E-state index in [-0.39, 0.29) is 35.4 Å². The van der Waals surface area contributed by atoms with Gasteiger partial charge in [0.05, 0.1) is 6.04 Å². The molecule has 1 aliphatic heterocycles. The molecule has 0 aromatic heterocycles. The maximum absolute atomic E-state index is 14.0. The van der Waals surface area contributed by atoms with Gasteiger partial charge in [-0.1, -0.05) is 104 Å². The van der Waals surface area contributed by atoms with Crippen LogP contribution in [0.4, 0.5) is 4.79 Å². The van der Waals surface area contributed by atoms with Crippen molar-refractivity contribution < 1.29 is 14.3 Å². The molecule has 4 nitrogen and oxygen atoms in total. The molecule has 0 bridgehead atoms. The molecule has 3 atom stereocenters. The number of carbonyl (C=O) groups excluding carboxylic acids is 2. The minimum absolute atomic E-state index is 0.108. The van der Waals surface area contributed by atoms with Crippen LogP contribution in [0.3, 0.4) is 0 Å². The van der Waals surface area contributed by atoms with Gasteiger partial charge >= 0.3 is 6.09 Å². The Balaban J connectivity index is 1.99. The van der Waals surface area contributed by atoms with Gasteiger partial charge in [-0.25, -0.2) is 4.79 Å². The second-order valence-corrected chi connectivity index (χ2v) is 18.8. The predicted octanol–water partition coefficient (Wildman–Crippen LogP) is 8.98. The van der Waals surface area contributed by atoms with Gasteiger partial charge in [0.15, 0.2) is 5.78 Å². The highest BCUT2D eigenvalue weighted by molar-refractivity contribution is 6.93. The molecule has 210 valence electrons. The molecule has 0 N–H and O–H groups in total. The number of ether oxygens (including phenoxy) is 1. The summed E-state index contributed by atoms with van der Waals surface area (Å²) < 4.78 is 6.42. The zero-order chi connectivity index (χ0) is 28.3. The third kappa shape index (κ3) is 5.73. The third-order valence-electron chi connectivity index (χ3n) is 9.68. The van der Waals surface area contributed by atoms with Gasteiger partial charge < -0.3 is 4.74 Å². The van der Waals surface area contributed by atoms with Gasteiger partial charge in [-0.3, -0.25) is 9.69 Å². The molecule has 0 saturated heterocycles. The van der Waals surface area contributed by atoms with E-state index in [4.69, 9.17) is 4.74 Å². The number of benzene rings is 1. The number of allylic oxidation sites excluding steroid dienone is 2. The summed E-state index contributed by atoms with van der Waals surface area (Å²) in [4.78, 5) is 29.4. The maximum atomic E-state index is 14.0. The van der Waals surface area contributed by atoms with Gasteiger partial charge in [0, 0.05) is 18.5 Å². The fourth-order valence-corrected chi connectivity index (χ4v) is 14.7. The Hall–Kier alpha value is -2.14. The van der Waals surface area contributed by atoms with Crippen molar-refractivity contribution in [2.75, 3.05) is 0 Å². The second kappa shape index (κ2) is 12.4. The summed E-state index contributed by atoms with van der Waals surface area (Å²) in [6.45, 7) is 20.1. The topological polar surface area (TPSA) is 46.6 Å². The summed E-state index contributed by atoms with van der Waals surface area (Å²) in [5, 5.41) is 0.917. The molecule has 2 aliphatic rings. The van der Waals surface area contributed by atoms with E-state index in [1.54, 1.807) is 4.90 Å². The lowest BCUT2D eigenvalue weighted by atomic mass is 9.66. The largest absolute Gasteiger partial charge is 0.446 e. The highest BCUT2D eigenvalue weighted by atomic mass is 28.3. The van der Waals surface area contributed by atoms with E-state index < -0.39 is 8.07 Å². The first-order valence-corrected chi connectivity index (χ1v) is 17.0. The monoisotopic (exact) mass is 537 g/mol. The number of amides is 1. The highest BCUT2D eigenvalue weighted by Gasteiger charge is 2.51. The number of rotatable bonds is 8. The Kier molecular flexibility index (Phi) is 9.89. The van der Waals surface area contributed by atoms with Crippen molar-refractivity contribution in [3.8, 4) is 0 Å². The Morgan fingerprint density at radius 1 is 1.00 bits per heavy atom. The number of Topliss-reactive ketones (excluding diaryl/α,β-unsaturated/α-hetero) is 1. The maximum Gasteiger partial charge on any atom is 0.414 e. The molecule has 38 heavy (non-hydrogen) atoms. The summed E-state index contributed by atoms with van der Waals surface area (Å²) in [5.74, 6) is 0.453. The van der Waals surface area contributed by atoms with Crippen LogP contribution in [0.2, 0.25) is 16.6 Å².